The van der Waals surface area contributed by atoms with Gasteiger partial charge in [-0.2, -0.15) is 0 Å². The van der Waals surface area contributed by atoms with E-state index < -0.39 is 5.41 Å². The molecule has 0 bridgehead atoms. The average molecular weight is 271 g/mol. The van der Waals surface area contributed by atoms with Crippen LogP contribution in [0.15, 0.2) is 0 Å². The van der Waals surface area contributed by atoms with E-state index in [2.05, 4.69) is 10.6 Å². The van der Waals surface area contributed by atoms with Crippen LogP contribution < -0.4 is 16.4 Å². The molecule has 2 amide bonds. The van der Waals surface area contributed by atoms with Crippen molar-refractivity contribution in [1.29, 1.82) is 0 Å². The van der Waals surface area contributed by atoms with Crippen molar-refractivity contribution in [2.24, 2.45) is 11.1 Å². The molecule has 1 rings (SSSR count). The molecule has 0 heterocycles. The maximum absolute atomic E-state index is 12.1. The van der Waals surface area contributed by atoms with E-state index in [1.807, 2.05) is 13.8 Å². The van der Waals surface area contributed by atoms with Crippen molar-refractivity contribution >= 4 is 29.0 Å². The topological polar surface area (TPSA) is 84.2 Å². The molecule has 0 aliphatic heterocycles. The molecule has 5 nitrogen and oxygen atoms in total. The number of rotatable bonds is 5. The summed E-state index contributed by atoms with van der Waals surface area (Å²) < 4.78 is 0. The summed E-state index contributed by atoms with van der Waals surface area (Å²) in [5.41, 5.74) is 4.95. The van der Waals surface area contributed by atoms with Crippen LogP contribution in [0.3, 0.4) is 0 Å². The van der Waals surface area contributed by atoms with E-state index in [0.717, 1.165) is 12.8 Å². The van der Waals surface area contributed by atoms with Gasteiger partial charge in [-0.1, -0.05) is 25.1 Å². The van der Waals surface area contributed by atoms with Gasteiger partial charge in [0.2, 0.25) is 11.8 Å². The highest BCUT2D eigenvalue weighted by atomic mass is 32.1. The van der Waals surface area contributed by atoms with E-state index in [0.29, 0.717) is 12.8 Å². The Balaban J connectivity index is 2.54. The SMILES string of the molecule is CC(C)NC(=O)CNC(=O)C1(C(N)=S)CCCC1. The number of thiocarbonyl (C=S) groups is 1. The third-order valence-corrected chi connectivity index (χ3v) is 3.61. The third kappa shape index (κ3) is 3.41. The molecule has 6 heteroatoms. The quantitative estimate of drug-likeness (QED) is 0.635. The predicted octanol–water partition coefficient (Wildman–Crippen LogP) is 0.474. The molecule has 102 valence electrons. The van der Waals surface area contributed by atoms with Crippen molar-refractivity contribution in [2.45, 2.75) is 45.6 Å². The van der Waals surface area contributed by atoms with Gasteiger partial charge in [-0.05, 0) is 26.7 Å². The van der Waals surface area contributed by atoms with Crippen LogP contribution in [0.4, 0.5) is 0 Å². The molecule has 0 aromatic heterocycles. The number of hydrogen-bond donors (Lipinski definition) is 3. The van der Waals surface area contributed by atoms with Crippen LogP contribution in [0, 0.1) is 5.41 Å². The minimum absolute atomic E-state index is 0.0264. The molecule has 4 N–H and O–H groups in total. The minimum Gasteiger partial charge on any atom is -0.392 e. The fourth-order valence-corrected chi connectivity index (χ4v) is 2.56. The summed E-state index contributed by atoms with van der Waals surface area (Å²) in [5, 5.41) is 5.35. The summed E-state index contributed by atoms with van der Waals surface area (Å²) in [6.45, 7) is 3.71. The Morgan fingerprint density at radius 2 is 1.89 bits per heavy atom. The normalized spacial score (nSPS) is 17.5. The fraction of sp³-hybridized carbons (Fsp3) is 0.750. The van der Waals surface area contributed by atoms with E-state index in [1.165, 1.54) is 0 Å². The number of amides is 2. The first kappa shape index (κ1) is 14.9. The average Bonchev–Trinajstić information content (AvgIpc) is 2.75. The first-order valence-corrected chi connectivity index (χ1v) is 6.67. The van der Waals surface area contributed by atoms with Gasteiger partial charge >= 0.3 is 0 Å². The van der Waals surface area contributed by atoms with Gasteiger partial charge in [-0.3, -0.25) is 9.59 Å². The smallest absolute Gasteiger partial charge is 0.239 e. The molecule has 0 saturated heterocycles. The monoisotopic (exact) mass is 271 g/mol. The lowest BCUT2D eigenvalue weighted by Crippen LogP contribution is -2.50. The molecule has 0 atom stereocenters. The van der Waals surface area contributed by atoms with E-state index in [1.54, 1.807) is 0 Å². The number of carbonyl (C=O) groups is 2. The zero-order chi connectivity index (χ0) is 13.8. The van der Waals surface area contributed by atoms with Crippen LogP contribution >= 0.6 is 12.2 Å². The van der Waals surface area contributed by atoms with Crippen molar-refractivity contribution < 1.29 is 9.59 Å². The fourth-order valence-electron chi connectivity index (χ4n) is 2.27. The molecule has 0 radical (unpaired) electrons. The molecule has 0 unspecified atom stereocenters. The molecular formula is C12H21N3O2S. The van der Waals surface area contributed by atoms with Gasteiger partial charge in [-0.25, -0.2) is 0 Å². The minimum atomic E-state index is -0.743. The van der Waals surface area contributed by atoms with Crippen molar-refractivity contribution in [3.63, 3.8) is 0 Å². The van der Waals surface area contributed by atoms with E-state index in [4.69, 9.17) is 18.0 Å². The lowest BCUT2D eigenvalue weighted by atomic mass is 9.85. The van der Waals surface area contributed by atoms with Gasteiger partial charge in [0.25, 0.3) is 0 Å². The molecule has 1 aliphatic rings. The number of carbonyl (C=O) groups excluding carboxylic acids is 2. The van der Waals surface area contributed by atoms with Crippen LogP contribution in [0.25, 0.3) is 0 Å². The van der Waals surface area contributed by atoms with Gasteiger partial charge in [0.05, 0.1) is 16.9 Å². The van der Waals surface area contributed by atoms with Crippen LogP contribution in [0.2, 0.25) is 0 Å². The van der Waals surface area contributed by atoms with Crippen molar-refractivity contribution in [3.8, 4) is 0 Å². The lowest BCUT2D eigenvalue weighted by molar-refractivity contribution is -0.130. The Bertz CT molecular complexity index is 349. The van der Waals surface area contributed by atoms with Crippen LogP contribution in [0.1, 0.15) is 39.5 Å². The van der Waals surface area contributed by atoms with Gasteiger partial charge in [0, 0.05) is 6.04 Å². The van der Waals surface area contributed by atoms with Gasteiger partial charge in [-0.15, -0.1) is 0 Å². The van der Waals surface area contributed by atoms with E-state index in [9.17, 15) is 9.59 Å². The van der Waals surface area contributed by atoms with Crippen LogP contribution in [0.5, 0.6) is 0 Å². The largest absolute Gasteiger partial charge is 0.392 e. The molecule has 0 aromatic carbocycles. The second-order valence-corrected chi connectivity index (χ2v) is 5.50. The molecule has 1 fully saturated rings. The Morgan fingerprint density at radius 1 is 1.33 bits per heavy atom. The van der Waals surface area contributed by atoms with Crippen LogP contribution in [-0.4, -0.2) is 29.4 Å². The second-order valence-electron chi connectivity index (χ2n) is 5.06. The molecule has 0 spiro atoms. The highest BCUT2D eigenvalue weighted by Gasteiger charge is 2.43. The standard InChI is InChI=1S/C12H21N3O2S/c1-8(2)15-9(16)7-14-11(17)12(10(13)18)5-3-4-6-12/h8H,3-7H2,1-2H3,(H2,13,18)(H,14,17)(H,15,16). The molecular weight excluding hydrogens is 250 g/mol. The van der Waals surface area contributed by atoms with Gasteiger partial charge in [0.1, 0.15) is 0 Å². The summed E-state index contributed by atoms with van der Waals surface area (Å²) in [7, 11) is 0. The summed E-state index contributed by atoms with van der Waals surface area (Å²) in [6.07, 6.45) is 3.26. The summed E-state index contributed by atoms with van der Waals surface area (Å²) in [6, 6.07) is 0.0606. The van der Waals surface area contributed by atoms with Crippen molar-refractivity contribution in [2.75, 3.05) is 6.54 Å². The second kappa shape index (κ2) is 6.13. The summed E-state index contributed by atoms with van der Waals surface area (Å²) >= 11 is 5.01. The molecule has 1 saturated carbocycles. The summed E-state index contributed by atoms with van der Waals surface area (Å²) in [4.78, 5) is 23.8. The van der Waals surface area contributed by atoms with Gasteiger partial charge < -0.3 is 16.4 Å². The molecule has 0 aromatic rings. The molecule has 18 heavy (non-hydrogen) atoms. The van der Waals surface area contributed by atoms with E-state index >= 15 is 0 Å². The first-order chi connectivity index (χ1) is 8.38. The maximum Gasteiger partial charge on any atom is 0.239 e. The number of nitrogens with two attached hydrogens (primary N) is 1. The zero-order valence-electron chi connectivity index (χ0n) is 10.9. The Labute approximate surface area is 113 Å². The zero-order valence-corrected chi connectivity index (χ0v) is 11.7. The van der Waals surface area contributed by atoms with Crippen molar-refractivity contribution in [3.05, 3.63) is 0 Å². The van der Waals surface area contributed by atoms with Crippen molar-refractivity contribution in [1.82, 2.24) is 10.6 Å². The summed E-state index contributed by atoms with van der Waals surface area (Å²) in [5.74, 6) is -0.416. The first-order valence-electron chi connectivity index (χ1n) is 6.26. The number of hydrogen-bond acceptors (Lipinski definition) is 3. The Morgan fingerprint density at radius 3 is 2.33 bits per heavy atom. The lowest BCUT2D eigenvalue weighted by Gasteiger charge is -2.26. The maximum atomic E-state index is 12.1. The molecule has 1 aliphatic carbocycles. The third-order valence-electron chi connectivity index (χ3n) is 3.22. The Kier molecular flexibility index (Phi) is 5.07. The predicted molar refractivity (Wildman–Crippen MR) is 74.0 cm³/mol. The van der Waals surface area contributed by atoms with Crippen LogP contribution in [-0.2, 0) is 9.59 Å². The number of nitrogens with one attached hydrogen (secondary N) is 2. The Hall–Kier alpha value is -1.17. The van der Waals surface area contributed by atoms with E-state index in [-0.39, 0.29) is 29.4 Å². The highest BCUT2D eigenvalue weighted by Crippen LogP contribution is 2.38. The highest BCUT2D eigenvalue weighted by molar-refractivity contribution is 7.80. The van der Waals surface area contributed by atoms with Gasteiger partial charge in [0.15, 0.2) is 0 Å².